The van der Waals surface area contributed by atoms with E-state index in [2.05, 4.69) is 4.98 Å². The van der Waals surface area contributed by atoms with E-state index in [1.165, 1.54) is 0 Å². The van der Waals surface area contributed by atoms with Crippen molar-refractivity contribution in [3.63, 3.8) is 0 Å². The third-order valence-corrected chi connectivity index (χ3v) is 4.24. The number of aromatic nitrogens is 1. The van der Waals surface area contributed by atoms with E-state index in [1.54, 1.807) is 25.1 Å². The van der Waals surface area contributed by atoms with Gasteiger partial charge in [-0.1, -0.05) is 23.7 Å². The van der Waals surface area contributed by atoms with Crippen molar-refractivity contribution in [3.8, 4) is 5.75 Å². The van der Waals surface area contributed by atoms with Gasteiger partial charge in [0.25, 0.3) is 0 Å². The van der Waals surface area contributed by atoms with Crippen molar-refractivity contribution in [3.05, 3.63) is 64.8 Å². The van der Waals surface area contributed by atoms with Crippen LogP contribution in [0.15, 0.2) is 48.7 Å². The molecule has 5 heteroatoms. The molecule has 4 nitrogen and oxygen atoms in total. The first kappa shape index (κ1) is 16.4. The fraction of sp³-hybridized carbons (Fsp3) is 0.211. The van der Waals surface area contributed by atoms with Crippen molar-refractivity contribution in [1.29, 1.82) is 0 Å². The summed E-state index contributed by atoms with van der Waals surface area (Å²) in [5, 5.41) is 11.2. The molecule has 0 saturated heterocycles. The molecule has 0 aliphatic carbocycles. The van der Waals surface area contributed by atoms with Gasteiger partial charge in [-0.15, -0.1) is 0 Å². The highest BCUT2D eigenvalue weighted by atomic mass is 35.5. The van der Waals surface area contributed by atoms with Gasteiger partial charge in [0, 0.05) is 34.1 Å². The lowest BCUT2D eigenvalue weighted by atomic mass is 9.88. The Morgan fingerprint density at radius 1 is 1.29 bits per heavy atom. The molecule has 24 heavy (non-hydrogen) atoms. The summed E-state index contributed by atoms with van der Waals surface area (Å²) in [5.41, 5.74) is 2.74. The fourth-order valence-electron chi connectivity index (χ4n) is 2.94. The number of ether oxygens (including phenoxy) is 1. The van der Waals surface area contributed by atoms with Crippen LogP contribution in [-0.4, -0.2) is 22.7 Å². The SMILES string of the molecule is CCOC(=O)CC(c1cccc(Cl)c1)c1c[nH]c2cc(O)ccc12. The van der Waals surface area contributed by atoms with E-state index in [1.807, 2.05) is 30.5 Å². The molecule has 0 spiro atoms. The van der Waals surface area contributed by atoms with Crippen LogP contribution in [0.2, 0.25) is 5.02 Å². The van der Waals surface area contributed by atoms with Gasteiger partial charge in [-0.3, -0.25) is 4.79 Å². The highest BCUT2D eigenvalue weighted by Gasteiger charge is 2.22. The van der Waals surface area contributed by atoms with Crippen LogP contribution in [-0.2, 0) is 9.53 Å². The number of phenols is 1. The Morgan fingerprint density at radius 2 is 2.12 bits per heavy atom. The minimum Gasteiger partial charge on any atom is -0.508 e. The summed E-state index contributed by atoms with van der Waals surface area (Å²) >= 11 is 6.13. The first-order valence-corrected chi connectivity index (χ1v) is 8.17. The summed E-state index contributed by atoms with van der Waals surface area (Å²) in [4.78, 5) is 15.2. The monoisotopic (exact) mass is 343 g/mol. The van der Waals surface area contributed by atoms with Gasteiger partial charge in [-0.2, -0.15) is 0 Å². The molecule has 2 aromatic carbocycles. The molecule has 124 valence electrons. The molecule has 0 aliphatic rings. The number of nitrogens with one attached hydrogen (secondary N) is 1. The number of aromatic amines is 1. The maximum Gasteiger partial charge on any atom is 0.306 e. The number of esters is 1. The molecule has 0 bridgehead atoms. The molecule has 0 fully saturated rings. The Morgan fingerprint density at radius 3 is 2.88 bits per heavy atom. The number of phenolic OH excluding ortho intramolecular Hbond substituents is 1. The molecule has 0 amide bonds. The summed E-state index contributed by atoms with van der Waals surface area (Å²) in [7, 11) is 0. The highest BCUT2D eigenvalue weighted by molar-refractivity contribution is 6.30. The minimum atomic E-state index is -0.254. The molecule has 0 aliphatic heterocycles. The highest BCUT2D eigenvalue weighted by Crippen LogP contribution is 2.35. The average Bonchev–Trinajstić information content (AvgIpc) is 2.95. The minimum absolute atomic E-state index is 0.180. The Kier molecular flexibility index (Phi) is 4.76. The molecule has 0 saturated carbocycles. The summed E-state index contributed by atoms with van der Waals surface area (Å²) in [6.07, 6.45) is 2.09. The topological polar surface area (TPSA) is 62.3 Å². The normalized spacial score (nSPS) is 12.2. The van der Waals surface area contributed by atoms with Crippen LogP contribution in [0.4, 0.5) is 0 Å². The van der Waals surface area contributed by atoms with Gasteiger partial charge in [0.15, 0.2) is 0 Å². The fourth-order valence-corrected chi connectivity index (χ4v) is 3.14. The zero-order valence-corrected chi connectivity index (χ0v) is 14.0. The predicted octanol–water partition coefficient (Wildman–Crippen LogP) is 4.61. The molecule has 3 aromatic rings. The number of carbonyl (C=O) groups is 1. The maximum atomic E-state index is 12.1. The second-order valence-electron chi connectivity index (χ2n) is 5.59. The van der Waals surface area contributed by atoms with Crippen molar-refractivity contribution < 1.29 is 14.6 Å². The molecule has 1 aromatic heterocycles. The number of carbonyl (C=O) groups excluding carboxylic acids is 1. The lowest BCUT2D eigenvalue weighted by Gasteiger charge is -2.17. The quantitative estimate of drug-likeness (QED) is 0.665. The standard InChI is InChI=1S/C19H18ClNO3/c1-2-24-19(23)10-16(12-4-3-5-13(20)8-12)17-11-21-18-9-14(22)6-7-15(17)18/h3-9,11,16,21-22H,2,10H2,1H3. The van der Waals surface area contributed by atoms with E-state index in [9.17, 15) is 9.90 Å². The number of benzene rings is 2. The first-order valence-electron chi connectivity index (χ1n) is 7.79. The van der Waals surface area contributed by atoms with Crippen LogP contribution in [0.25, 0.3) is 10.9 Å². The summed E-state index contributed by atoms with van der Waals surface area (Å²) in [6, 6.07) is 12.6. The Balaban J connectivity index is 2.07. The van der Waals surface area contributed by atoms with Crippen molar-refractivity contribution in [2.45, 2.75) is 19.3 Å². The van der Waals surface area contributed by atoms with Gasteiger partial charge in [0.05, 0.1) is 13.0 Å². The van der Waals surface area contributed by atoms with E-state index in [0.717, 1.165) is 22.0 Å². The van der Waals surface area contributed by atoms with Gasteiger partial charge < -0.3 is 14.8 Å². The number of rotatable bonds is 5. The van der Waals surface area contributed by atoms with E-state index < -0.39 is 0 Å². The second-order valence-corrected chi connectivity index (χ2v) is 6.03. The number of hydrogen-bond acceptors (Lipinski definition) is 3. The molecule has 1 heterocycles. The number of aromatic hydroxyl groups is 1. The third kappa shape index (κ3) is 3.39. The van der Waals surface area contributed by atoms with Gasteiger partial charge >= 0.3 is 5.97 Å². The third-order valence-electron chi connectivity index (χ3n) is 4.00. The summed E-state index contributed by atoms with van der Waals surface area (Å²) < 4.78 is 5.13. The van der Waals surface area contributed by atoms with Crippen LogP contribution < -0.4 is 0 Å². The molecule has 2 N–H and O–H groups in total. The molecule has 0 radical (unpaired) electrons. The average molecular weight is 344 g/mol. The number of halogens is 1. The smallest absolute Gasteiger partial charge is 0.306 e. The van der Waals surface area contributed by atoms with Crippen LogP contribution in [0.5, 0.6) is 5.75 Å². The molecule has 1 atom stereocenters. The van der Waals surface area contributed by atoms with Crippen LogP contribution in [0, 0.1) is 0 Å². The second kappa shape index (κ2) is 6.97. The van der Waals surface area contributed by atoms with Crippen LogP contribution >= 0.6 is 11.6 Å². The lowest BCUT2D eigenvalue weighted by molar-refractivity contribution is -0.143. The largest absolute Gasteiger partial charge is 0.508 e. The van der Waals surface area contributed by atoms with E-state index in [-0.39, 0.29) is 24.1 Å². The molecular weight excluding hydrogens is 326 g/mol. The van der Waals surface area contributed by atoms with Crippen molar-refractivity contribution in [1.82, 2.24) is 4.98 Å². The Bertz CT molecular complexity index is 872. The lowest BCUT2D eigenvalue weighted by Crippen LogP contribution is -2.11. The van der Waals surface area contributed by atoms with Gasteiger partial charge in [-0.25, -0.2) is 0 Å². The van der Waals surface area contributed by atoms with Crippen molar-refractivity contribution >= 4 is 28.5 Å². The summed E-state index contributed by atoms with van der Waals surface area (Å²) in [5.74, 6) is -0.239. The first-order chi connectivity index (χ1) is 11.6. The van der Waals surface area contributed by atoms with Crippen molar-refractivity contribution in [2.24, 2.45) is 0 Å². The number of hydrogen-bond donors (Lipinski definition) is 2. The molecule has 1 unspecified atom stereocenters. The van der Waals surface area contributed by atoms with Gasteiger partial charge in [0.1, 0.15) is 5.75 Å². The Hall–Kier alpha value is -2.46. The molecule has 3 rings (SSSR count). The van der Waals surface area contributed by atoms with E-state index in [0.29, 0.717) is 11.6 Å². The zero-order chi connectivity index (χ0) is 17.1. The van der Waals surface area contributed by atoms with Crippen molar-refractivity contribution in [2.75, 3.05) is 6.61 Å². The van der Waals surface area contributed by atoms with Gasteiger partial charge in [0.2, 0.25) is 0 Å². The van der Waals surface area contributed by atoms with Crippen LogP contribution in [0.3, 0.4) is 0 Å². The molecular formula is C19H18ClNO3. The Labute approximate surface area is 145 Å². The van der Waals surface area contributed by atoms with Crippen LogP contribution in [0.1, 0.15) is 30.4 Å². The number of H-pyrrole nitrogens is 1. The number of fused-ring (bicyclic) bond motifs is 1. The van der Waals surface area contributed by atoms with E-state index >= 15 is 0 Å². The van der Waals surface area contributed by atoms with Gasteiger partial charge in [-0.05, 0) is 42.3 Å². The maximum absolute atomic E-state index is 12.1. The zero-order valence-electron chi connectivity index (χ0n) is 13.3. The predicted molar refractivity (Wildman–Crippen MR) is 94.5 cm³/mol. The summed E-state index contributed by atoms with van der Waals surface area (Å²) in [6.45, 7) is 2.14. The van der Waals surface area contributed by atoms with E-state index in [4.69, 9.17) is 16.3 Å².